The van der Waals surface area contributed by atoms with Crippen molar-refractivity contribution in [2.24, 2.45) is 0 Å². The summed E-state index contributed by atoms with van der Waals surface area (Å²) in [5.41, 5.74) is 1.61. The SMILES string of the molecule is Fc1ccccc1CCNc1nccc(Nc2cccc(Br)c2)n1. The fourth-order valence-corrected chi connectivity index (χ4v) is 2.64. The fourth-order valence-electron chi connectivity index (χ4n) is 2.24. The molecular formula is C18H16BrFN4. The molecule has 0 atom stereocenters. The molecule has 0 aliphatic carbocycles. The first-order valence-corrected chi connectivity index (χ1v) is 8.33. The Morgan fingerprint density at radius 3 is 2.75 bits per heavy atom. The number of halogens is 2. The first kappa shape index (κ1) is 16.4. The molecule has 4 nitrogen and oxygen atoms in total. The molecule has 0 saturated carbocycles. The van der Waals surface area contributed by atoms with E-state index < -0.39 is 0 Å². The molecule has 0 amide bonds. The van der Waals surface area contributed by atoms with Crippen molar-refractivity contribution in [3.63, 3.8) is 0 Å². The summed E-state index contributed by atoms with van der Waals surface area (Å²) in [5.74, 6) is 1.01. The van der Waals surface area contributed by atoms with Gasteiger partial charge in [0.25, 0.3) is 0 Å². The summed E-state index contributed by atoms with van der Waals surface area (Å²) >= 11 is 3.44. The normalized spacial score (nSPS) is 10.4. The van der Waals surface area contributed by atoms with E-state index in [4.69, 9.17) is 0 Å². The quantitative estimate of drug-likeness (QED) is 0.640. The highest BCUT2D eigenvalue weighted by Gasteiger charge is 2.03. The number of aromatic nitrogens is 2. The molecule has 0 aliphatic rings. The Hall–Kier alpha value is -2.47. The molecule has 0 aliphatic heterocycles. The number of hydrogen-bond donors (Lipinski definition) is 2. The van der Waals surface area contributed by atoms with Gasteiger partial charge in [0.2, 0.25) is 5.95 Å². The topological polar surface area (TPSA) is 49.8 Å². The molecule has 0 fully saturated rings. The Morgan fingerprint density at radius 1 is 1.04 bits per heavy atom. The second-order valence-corrected chi connectivity index (χ2v) is 6.08. The standard InChI is InChI=1S/C18H16BrFN4/c19-14-5-3-6-15(12-14)23-17-9-11-22-18(24-17)21-10-8-13-4-1-2-7-16(13)20/h1-7,9,11-12H,8,10H2,(H2,21,22,23,24). The summed E-state index contributed by atoms with van der Waals surface area (Å²) in [6, 6.07) is 16.4. The maximum atomic E-state index is 13.6. The minimum atomic E-state index is -0.190. The third-order valence-electron chi connectivity index (χ3n) is 3.39. The maximum Gasteiger partial charge on any atom is 0.224 e. The molecule has 0 unspecified atom stereocenters. The summed E-state index contributed by atoms with van der Waals surface area (Å²) in [6.07, 6.45) is 2.25. The van der Waals surface area contributed by atoms with Crippen LogP contribution in [0.4, 0.5) is 21.8 Å². The van der Waals surface area contributed by atoms with E-state index in [1.807, 2.05) is 30.3 Å². The van der Waals surface area contributed by atoms with Crippen LogP contribution in [0.1, 0.15) is 5.56 Å². The molecular weight excluding hydrogens is 371 g/mol. The van der Waals surface area contributed by atoms with Crippen LogP contribution in [-0.4, -0.2) is 16.5 Å². The number of nitrogens with zero attached hydrogens (tertiary/aromatic N) is 2. The van der Waals surface area contributed by atoms with Gasteiger partial charge in [-0.2, -0.15) is 4.98 Å². The number of anilines is 3. The number of hydrogen-bond acceptors (Lipinski definition) is 4. The molecule has 122 valence electrons. The van der Waals surface area contributed by atoms with Crippen molar-refractivity contribution in [3.8, 4) is 0 Å². The van der Waals surface area contributed by atoms with E-state index in [1.54, 1.807) is 24.4 Å². The highest BCUT2D eigenvalue weighted by Crippen LogP contribution is 2.19. The van der Waals surface area contributed by atoms with E-state index in [2.05, 4.69) is 36.5 Å². The maximum absolute atomic E-state index is 13.6. The van der Waals surface area contributed by atoms with Crippen molar-refractivity contribution >= 4 is 33.4 Å². The minimum Gasteiger partial charge on any atom is -0.354 e. The van der Waals surface area contributed by atoms with Gasteiger partial charge >= 0.3 is 0 Å². The second kappa shape index (κ2) is 7.88. The molecule has 0 radical (unpaired) electrons. The largest absolute Gasteiger partial charge is 0.354 e. The second-order valence-electron chi connectivity index (χ2n) is 5.17. The average Bonchev–Trinajstić information content (AvgIpc) is 2.57. The van der Waals surface area contributed by atoms with Gasteiger partial charge < -0.3 is 10.6 Å². The highest BCUT2D eigenvalue weighted by atomic mass is 79.9. The lowest BCUT2D eigenvalue weighted by Crippen LogP contribution is -2.09. The van der Waals surface area contributed by atoms with Gasteiger partial charge in [0, 0.05) is 22.9 Å². The van der Waals surface area contributed by atoms with Crippen molar-refractivity contribution in [1.29, 1.82) is 0 Å². The summed E-state index contributed by atoms with van der Waals surface area (Å²) in [4.78, 5) is 8.60. The van der Waals surface area contributed by atoms with E-state index in [0.29, 0.717) is 30.3 Å². The predicted octanol–water partition coefficient (Wildman–Crippen LogP) is 4.78. The lowest BCUT2D eigenvalue weighted by Gasteiger charge is -2.09. The van der Waals surface area contributed by atoms with Crippen molar-refractivity contribution < 1.29 is 4.39 Å². The zero-order chi connectivity index (χ0) is 16.8. The molecule has 3 rings (SSSR count). The van der Waals surface area contributed by atoms with Crippen LogP contribution in [0.3, 0.4) is 0 Å². The van der Waals surface area contributed by atoms with Gasteiger partial charge in [-0.3, -0.25) is 0 Å². The summed E-state index contributed by atoms with van der Waals surface area (Å²) in [7, 11) is 0. The Balaban J connectivity index is 1.60. The monoisotopic (exact) mass is 386 g/mol. The fraction of sp³-hybridized carbons (Fsp3) is 0.111. The number of nitrogens with one attached hydrogen (secondary N) is 2. The molecule has 1 heterocycles. The first-order valence-electron chi connectivity index (χ1n) is 7.53. The molecule has 0 saturated heterocycles. The van der Waals surface area contributed by atoms with Gasteiger partial charge in [-0.25, -0.2) is 9.37 Å². The Bertz CT molecular complexity index is 825. The van der Waals surface area contributed by atoms with Gasteiger partial charge in [-0.05, 0) is 42.3 Å². The van der Waals surface area contributed by atoms with E-state index in [9.17, 15) is 4.39 Å². The first-order chi connectivity index (χ1) is 11.7. The zero-order valence-electron chi connectivity index (χ0n) is 12.8. The van der Waals surface area contributed by atoms with Crippen LogP contribution in [0.2, 0.25) is 0 Å². The van der Waals surface area contributed by atoms with E-state index in [-0.39, 0.29) is 5.82 Å². The van der Waals surface area contributed by atoms with Crippen LogP contribution < -0.4 is 10.6 Å². The molecule has 0 spiro atoms. The van der Waals surface area contributed by atoms with Crippen LogP contribution in [0.15, 0.2) is 65.3 Å². The van der Waals surface area contributed by atoms with Crippen LogP contribution in [0, 0.1) is 5.82 Å². The van der Waals surface area contributed by atoms with Crippen LogP contribution in [0.5, 0.6) is 0 Å². The van der Waals surface area contributed by atoms with Crippen LogP contribution in [0.25, 0.3) is 0 Å². The van der Waals surface area contributed by atoms with Gasteiger partial charge in [-0.15, -0.1) is 0 Å². The molecule has 2 N–H and O–H groups in total. The molecule has 0 bridgehead atoms. The Morgan fingerprint density at radius 2 is 1.92 bits per heavy atom. The van der Waals surface area contributed by atoms with E-state index in [1.165, 1.54) is 6.07 Å². The van der Waals surface area contributed by atoms with E-state index >= 15 is 0 Å². The summed E-state index contributed by atoms with van der Waals surface area (Å²) < 4.78 is 14.6. The van der Waals surface area contributed by atoms with E-state index in [0.717, 1.165) is 10.2 Å². The third kappa shape index (κ3) is 4.52. The lowest BCUT2D eigenvalue weighted by atomic mass is 10.1. The van der Waals surface area contributed by atoms with Crippen LogP contribution in [-0.2, 0) is 6.42 Å². The van der Waals surface area contributed by atoms with Gasteiger partial charge in [0.05, 0.1) is 0 Å². The van der Waals surface area contributed by atoms with Gasteiger partial charge in [0.15, 0.2) is 0 Å². The smallest absolute Gasteiger partial charge is 0.224 e. The summed E-state index contributed by atoms with van der Waals surface area (Å²) in [5, 5.41) is 6.34. The Labute approximate surface area is 148 Å². The molecule has 3 aromatic rings. The van der Waals surface area contributed by atoms with Gasteiger partial charge in [0.1, 0.15) is 11.6 Å². The average molecular weight is 387 g/mol. The minimum absolute atomic E-state index is 0.190. The Kier molecular flexibility index (Phi) is 5.38. The van der Waals surface area contributed by atoms with Crippen molar-refractivity contribution in [3.05, 3.63) is 76.6 Å². The number of rotatable bonds is 6. The molecule has 1 aromatic heterocycles. The van der Waals surface area contributed by atoms with Crippen molar-refractivity contribution in [1.82, 2.24) is 9.97 Å². The van der Waals surface area contributed by atoms with Crippen LogP contribution >= 0.6 is 15.9 Å². The number of benzene rings is 2. The van der Waals surface area contributed by atoms with Crippen molar-refractivity contribution in [2.75, 3.05) is 17.2 Å². The van der Waals surface area contributed by atoms with Gasteiger partial charge in [-0.1, -0.05) is 40.2 Å². The lowest BCUT2D eigenvalue weighted by molar-refractivity contribution is 0.610. The third-order valence-corrected chi connectivity index (χ3v) is 3.88. The highest BCUT2D eigenvalue weighted by molar-refractivity contribution is 9.10. The molecule has 24 heavy (non-hydrogen) atoms. The summed E-state index contributed by atoms with van der Waals surface area (Å²) in [6.45, 7) is 0.557. The van der Waals surface area contributed by atoms with Crippen molar-refractivity contribution in [2.45, 2.75) is 6.42 Å². The zero-order valence-corrected chi connectivity index (χ0v) is 14.4. The predicted molar refractivity (Wildman–Crippen MR) is 98.1 cm³/mol. The molecule has 6 heteroatoms. The molecule has 2 aromatic carbocycles.